The Labute approximate surface area is 164 Å². The van der Waals surface area contributed by atoms with Crippen LogP contribution in [0.4, 0.5) is 4.39 Å². The minimum absolute atomic E-state index is 0.0609. The molecule has 146 valence electrons. The molecular weight excluding hydrogens is 335 g/mol. The lowest BCUT2D eigenvalue weighted by molar-refractivity contribution is 0.135. The van der Waals surface area contributed by atoms with Crippen molar-refractivity contribution in [1.29, 1.82) is 0 Å². The molecule has 0 aromatic heterocycles. The van der Waals surface area contributed by atoms with Crippen molar-refractivity contribution >= 4 is 0 Å². The van der Waals surface area contributed by atoms with E-state index in [1.54, 1.807) is 12.1 Å². The zero-order valence-corrected chi connectivity index (χ0v) is 17.6. The maximum absolute atomic E-state index is 13.4. The summed E-state index contributed by atoms with van der Waals surface area (Å²) in [6.45, 7) is 17.2. The number of nitrogens with zero attached hydrogens (tertiary/aromatic N) is 2. The van der Waals surface area contributed by atoms with E-state index in [4.69, 9.17) is 0 Å². The van der Waals surface area contributed by atoms with E-state index in [0.717, 1.165) is 37.3 Å². The second-order valence-electron chi connectivity index (χ2n) is 9.70. The molecule has 0 saturated heterocycles. The quantitative estimate of drug-likeness (QED) is 0.585. The van der Waals surface area contributed by atoms with Crippen molar-refractivity contribution in [3.05, 3.63) is 70.5 Å². The van der Waals surface area contributed by atoms with E-state index in [1.165, 1.54) is 11.1 Å². The van der Waals surface area contributed by atoms with Gasteiger partial charge in [-0.2, -0.15) is 0 Å². The van der Waals surface area contributed by atoms with E-state index in [1.807, 2.05) is 6.07 Å². The van der Waals surface area contributed by atoms with Gasteiger partial charge in [-0.05, 0) is 64.3 Å². The molecule has 2 nitrogen and oxygen atoms in total. The van der Waals surface area contributed by atoms with Gasteiger partial charge in [-0.3, -0.25) is 9.80 Å². The van der Waals surface area contributed by atoms with Gasteiger partial charge in [0.25, 0.3) is 0 Å². The van der Waals surface area contributed by atoms with Crippen LogP contribution in [0.5, 0.6) is 0 Å². The van der Waals surface area contributed by atoms with Crippen LogP contribution in [0.2, 0.25) is 0 Å². The summed E-state index contributed by atoms with van der Waals surface area (Å²) < 4.78 is 13.4. The summed E-state index contributed by atoms with van der Waals surface area (Å²) in [4.78, 5) is 4.80. The van der Waals surface area contributed by atoms with Crippen LogP contribution in [0, 0.1) is 5.82 Å². The molecule has 2 aliphatic rings. The summed E-state index contributed by atoms with van der Waals surface area (Å²) in [7, 11) is 0. The second-order valence-corrected chi connectivity index (χ2v) is 9.70. The highest BCUT2D eigenvalue weighted by atomic mass is 19.1. The van der Waals surface area contributed by atoms with E-state index in [9.17, 15) is 4.39 Å². The van der Waals surface area contributed by atoms with Crippen LogP contribution in [-0.4, -0.2) is 20.9 Å². The summed E-state index contributed by atoms with van der Waals surface area (Å²) in [6.07, 6.45) is 0. The summed E-state index contributed by atoms with van der Waals surface area (Å²) in [6, 6.07) is 14.1. The minimum atomic E-state index is -0.0609. The van der Waals surface area contributed by atoms with Crippen molar-refractivity contribution in [2.75, 3.05) is 0 Å². The topological polar surface area (TPSA) is 6.48 Å². The van der Waals surface area contributed by atoms with Gasteiger partial charge in [0.15, 0.2) is 0 Å². The molecule has 3 heteroatoms. The highest BCUT2D eigenvalue weighted by Crippen LogP contribution is 2.30. The Kier molecular flexibility index (Phi) is 5.47. The Balaban J connectivity index is 0.000000156. The van der Waals surface area contributed by atoms with Crippen molar-refractivity contribution in [3.63, 3.8) is 0 Å². The summed E-state index contributed by atoms with van der Waals surface area (Å²) in [5.41, 5.74) is 5.42. The molecule has 0 radical (unpaired) electrons. The molecule has 0 atom stereocenters. The van der Waals surface area contributed by atoms with Crippen LogP contribution < -0.4 is 0 Å². The van der Waals surface area contributed by atoms with Gasteiger partial charge < -0.3 is 0 Å². The molecule has 0 fully saturated rings. The van der Waals surface area contributed by atoms with E-state index in [-0.39, 0.29) is 11.4 Å². The second kappa shape index (κ2) is 7.37. The minimum Gasteiger partial charge on any atom is -0.290 e. The lowest BCUT2D eigenvalue weighted by Gasteiger charge is -2.31. The monoisotopic (exact) mass is 368 g/mol. The first-order valence-electron chi connectivity index (χ1n) is 9.89. The molecule has 0 unspecified atom stereocenters. The first kappa shape index (κ1) is 20.0. The van der Waals surface area contributed by atoms with Crippen molar-refractivity contribution in [3.8, 4) is 0 Å². The first-order valence-corrected chi connectivity index (χ1v) is 9.89. The van der Waals surface area contributed by atoms with Gasteiger partial charge in [0, 0.05) is 42.8 Å². The average molecular weight is 369 g/mol. The van der Waals surface area contributed by atoms with Gasteiger partial charge in [-0.15, -0.1) is 0 Å². The normalized spacial score (nSPS) is 17.3. The predicted octanol–water partition coefficient (Wildman–Crippen LogP) is 5.74. The Morgan fingerprint density at radius 2 is 1.07 bits per heavy atom. The van der Waals surface area contributed by atoms with Crippen molar-refractivity contribution < 1.29 is 4.39 Å². The third-order valence-electron chi connectivity index (χ3n) is 5.66. The van der Waals surface area contributed by atoms with E-state index < -0.39 is 0 Å². The SMILES string of the molecule is CC(C)(C)N1Cc2cccc(F)c2C1.CC(C)(C)N1Cc2ccccc2C1. The van der Waals surface area contributed by atoms with Gasteiger partial charge >= 0.3 is 0 Å². The predicted molar refractivity (Wildman–Crippen MR) is 111 cm³/mol. The molecule has 2 aromatic rings. The number of halogens is 1. The van der Waals surface area contributed by atoms with Gasteiger partial charge in [0.05, 0.1) is 0 Å². The molecule has 2 aliphatic heterocycles. The molecular formula is C24H33FN2. The maximum Gasteiger partial charge on any atom is 0.128 e. The molecule has 4 rings (SSSR count). The highest BCUT2D eigenvalue weighted by molar-refractivity contribution is 5.32. The molecule has 2 heterocycles. The van der Waals surface area contributed by atoms with Gasteiger partial charge in [0.2, 0.25) is 0 Å². The molecule has 0 amide bonds. The number of benzene rings is 2. The van der Waals surface area contributed by atoms with E-state index >= 15 is 0 Å². The van der Waals surface area contributed by atoms with Crippen molar-refractivity contribution in [2.45, 2.75) is 78.8 Å². The molecule has 0 aliphatic carbocycles. The van der Waals surface area contributed by atoms with Crippen LogP contribution in [0.15, 0.2) is 42.5 Å². The maximum atomic E-state index is 13.4. The highest BCUT2D eigenvalue weighted by Gasteiger charge is 2.29. The van der Waals surface area contributed by atoms with E-state index in [2.05, 4.69) is 75.6 Å². The largest absolute Gasteiger partial charge is 0.290 e. The van der Waals surface area contributed by atoms with Gasteiger partial charge in [0.1, 0.15) is 5.82 Å². The molecule has 0 bridgehead atoms. The smallest absolute Gasteiger partial charge is 0.128 e. The number of rotatable bonds is 0. The van der Waals surface area contributed by atoms with Gasteiger partial charge in [-0.1, -0.05) is 36.4 Å². The number of hydrogen-bond acceptors (Lipinski definition) is 2. The number of hydrogen-bond donors (Lipinski definition) is 0. The van der Waals surface area contributed by atoms with Crippen LogP contribution in [0.1, 0.15) is 63.8 Å². The fraction of sp³-hybridized carbons (Fsp3) is 0.500. The van der Waals surface area contributed by atoms with Crippen molar-refractivity contribution in [1.82, 2.24) is 9.80 Å². The summed E-state index contributed by atoms with van der Waals surface area (Å²) in [5.74, 6) is -0.0609. The molecule has 27 heavy (non-hydrogen) atoms. The Morgan fingerprint density at radius 1 is 0.630 bits per heavy atom. The van der Waals surface area contributed by atoms with Crippen molar-refractivity contribution in [2.24, 2.45) is 0 Å². The third kappa shape index (κ3) is 4.59. The zero-order chi connectivity index (χ0) is 19.8. The Bertz CT molecular complexity index is 774. The van der Waals surface area contributed by atoms with Crippen LogP contribution in [-0.2, 0) is 26.2 Å². The third-order valence-corrected chi connectivity index (χ3v) is 5.66. The zero-order valence-electron chi connectivity index (χ0n) is 17.6. The summed E-state index contributed by atoms with van der Waals surface area (Å²) >= 11 is 0. The molecule has 0 spiro atoms. The van der Waals surface area contributed by atoms with Crippen LogP contribution >= 0.6 is 0 Å². The lowest BCUT2D eigenvalue weighted by atomic mass is 10.1. The summed E-state index contributed by atoms with van der Waals surface area (Å²) in [5, 5.41) is 0. The lowest BCUT2D eigenvalue weighted by Crippen LogP contribution is -2.36. The fourth-order valence-corrected chi connectivity index (χ4v) is 3.66. The van der Waals surface area contributed by atoms with Gasteiger partial charge in [-0.25, -0.2) is 4.39 Å². The first-order chi connectivity index (χ1) is 12.6. The fourth-order valence-electron chi connectivity index (χ4n) is 3.66. The molecule has 0 N–H and O–H groups in total. The Morgan fingerprint density at radius 3 is 1.56 bits per heavy atom. The van der Waals surface area contributed by atoms with E-state index in [0.29, 0.717) is 5.54 Å². The Hall–Kier alpha value is -1.71. The number of fused-ring (bicyclic) bond motifs is 2. The van der Waals surface area contributed by atoms with Crippen LogP contribution in [0.3, 0.4) is 0 Å². The average Bonchev–Trinajstić information content (AvgIpc) is 3.19. The molecule has 0 saturated carbocycles. The van der Waals surface area contributed by atoms with Crippen LogP contribution in [0.25, 0.3) is 0 Å². The molecule has 2 aromatic carbocycles. The standard InChI is InChI=1S/C12H16FN.C12H17N/c1-12(2,3)14-7-9-5-4-6-11(13)10(9)8-14;1-12(2,3)13-8-10-6-4-5-7-11(10)9-13/h4-6H,7-8H2,1-3H3;4-7H,8-9H2,1-3H3.